The van der Waals surface area contributed by atoms with Crippen LogP contribution in [0, 0.1) is 5.21 Å². The second-order valence-electron chi connectivity index (χ2n) is 11.9. The Balaban J connectivity index is 1.31. The van der Waals surface area contributed by atoms with E-state index in [1.165, 1.54) is 15.7 Å². The number of ether oxygens (including phenoxy) is 1. The summed E-state index contributed by atoms with van der Waals surface area (Å²) >= 11 is 0. The van der Waals surface area contributed by atoms with Crippen LogP contribution >= 0.6 is 0 Å². The standard InChI is InChI=1S/C36H25N3O8/c40-34-24-12-4-2-11-23(24)19-37(34)33-32(30-17-22-10-3-7-15-28(22)46-47-30)27(38-26-14-6-8-16-29(26)44-36(38)42)20-39(33,43)31-18-21-9-1-5-13-25(21)35(41)45-31/h1-16,20,30-31H,17-19H2. The molecule has 0 saturated carbocycles. The second kappa shape index (κ2) is 10.1. The molecule has 0 bridgehead atoms. The van der Waals surface area contributed by atoms with Gasteiger partial charge in [0, 0.05) is 17.5 Å². The number of oxazole rings is 1. The summed E-state index contributed by atoms with van der Waals surface area (Å²) in [7, 11) is 0. The van der Waals surface area contributed by atoms with E-state index in [2.05, 4.69) is 0 Å². The number of hydrogen-bond donors (Lipinski definition) is 0. The normalized spacial score (nSPS) is 23.3. The maximum Gasteiger partial charge on any atom is 0.424 e. The molecule has 11 nitrogen and oxygen atoms in total. The topological polar surface area (TPSA) is 123 Å². The van der Waals surface area contributed by atoms with Gasteiger partial charge < -0.3 is 19.2 Å². The van der Waals surface area contributed by atoms with E-state index in [0.717, 1.165) is 11.1 Å². The molecule has 0 aliphatic carbocycles. The number of amides is 1. The molecule has 4 aromatic carbocycles. The summed E-state index contributed by atoms with van der Waals surface area (Å²) in [6, 6.07) is 28.3. The molecule has 9 rings (SSSR count). The monoisotopic (exact) mass is 627 g/mol. The van der Waals surface area contributed by atoms with Crippen LogP contribution < -0.4 is 10.6 Å². The zero-order valence-electron chi connectivity index (χ0n) is 24.7. The Morgan fingerprint density at radius 2 is 1.47 bits per heavy atom. The Kier molecular flexibility index (Phi) is 5.94. The highest BCUT2D eigenvalue weighted by atomic mass is 17.2. The lowest BCUT2D eigenvalue weighted by molar-refractivity contribution is -0.847. The zero-order valence-corrected chi connectivity index (χ0v) is 24.7. The first-order valence-corrected chi connectivity index (χ1v) is 15.2. The summed E-state index contributed by atoms with van der Waals surface area (Å²) in [5.74, 6) is -1.29. The van der Waals surface area contributed by atoms with Crippen molar-refractivity contribution in [2.45, 2.75) is 31.7 Å². The summed E-state index contributed by atoms with van der Waals surface area (Å²) in [6.07, 6.45) is -0.628. The quantitative estimate of drug-likeness (QED) is 0.114. The summed E-state index contributed by atoms with van der Waals surface area (Å²) < 4.78 is 11.4. The molecule has 1 amide bonds. The number of rotatable bonds is 4. The van der Waals surface area contributed by atoms with E-state index in [9.17, 15) is 14.4 Å². The van der Waals surface area contributed by atoms with Gasteiger partial charge in [0.15, 0.2) is 11.3 Å². The maximum atomic E-state index is 15.8. The molecule has 0 saturated heterocycles. The van der Waals surface area contributed by atoms with Gasteiger partial charge in [0.1, 0.15) is 18.0 Å². The molecule has 0 N–H and O–H groups in total. The number of carbonyl (C=O) groups excluding carboxylic acids is 2. The lowest BCUT2D eigenvalue weighted by Gasteiger charge is -2.46. The van der Waals surface area contributed by atoms with Crippen molar-refractivity contribution in [2.75, 3.05) is 0 Å². The fourth-order valence-electron chi connectivity index (χ4n) is 7.05. The van der Waals surface area contributed by atoms with Gasteiger partial charge in [-0.25, -0.2) is 18.8 Å². The molecule has 232 valence electrons. The van der Waals surface area contributed by atoms with E-state index in [-0.39, 0.29) is 36.5 Å². The number of quaternary nitrogens is 1. The number of cyclic esters (lactones) is 1. The number of aromatic nitrogens is 1. The van der Waals surface area contributed by atoms with E-state index in [0.29, 0.717) is 33.5 Å². The van der Waals surface area contributed by atoms with Gasteiger partial charge in [-0.2, -0.15) is 4.89 Å². The molecule has 0 fully saturated rings. The lowest BCUT2D eigenvalue weighted by Crippen LogP contribution is -2.54. The molecule has 4 aliphatic heterocycles. The van der Waals surface area contributed by atoms with Crippen molar-refractivity contribution in [3.05, 3.63) is 158 Å². The number of nitrogens with zero attached hydrogens (tertiary/aromatic N) is 3. The van der Waals surface area contributed by atoms with E-state index in [1.807, 2.05) is 30.3 Å². The Bertz CT molecular complexity index is 2280. The highest BCUT2D eigenvalue weighted by molar-refractivity contribution is 6.00. The summed E-state index contributed by atoms with van der Waals surface area (Å²) in [5, 5.41) is 15.8. The van der Waals surface area contributed by atoms with Crippen LogP contribution in [0.25, 0.3) is 16.8 Å². The summed E-state index contributed by atoms with van der Waals surface area (Å²) in [5.41, 5.74) is 4.11. The first kappa shape index (κ1) is 27.6. The molecule has 0 spiro atoms. The van der Waals surface area contributed by atoms with E-state index in [1.54, 1.807) is 66.7 Å². The first-order valence-electron chi connectivity index (χ1n) is 15.2. The first-order chi connectivity index (χ1) is 22.9. The molecule has 0 radical (unpaired) electrons. The van der Waals surface area contributed by atoms with Crippen molar-refractivity contribution in [3.63, 3.8) is 0 Å². The predicted octanol–water partition coefficient (Wildman–Crippen LogP) is 5.26. The van der Waals surface area contributed by atoms with Gasteiger partial charge in [0.2, 0.25) is 5.82 Å². The Morgan fingerprint density at radius 1 is 0.766 bits per heavy atom. The van der Waals surface area contributed by atoms with Crippen molar-refractivity contribution < 1.29 is 33.2 Å². The average molecular weight is 628 g/mol. The van der Waals surface area contributed by atoms with Crippen LogP contribution in [0.5, 0.6) is 5.75 Å². The van der Waals surface area contributed by atoms with Gasteiger partial charge >= 0.3 is 11.7 Å². The number of benzene rings is 4. The van der Waals surface area contributed by atoms with Gasteiger partial charge in [-0.05, 0) is 41.5 Å². The van der Waals surface area contributed by atoms with Gasteiger partial charge in [0.25, 0.3) is 12.1 Å². The molecule has 47 heavy (non-hydrogen) atoms. The van der Waals surface area contributed by atoms with Gasteiger partial charge in [-0.1, -0.05) is 66.7 Å². The van der Waals surface area contributed by atoms with Crippen LogP contribution in [0.15, 0.2) is 124 Å². The van der Waals surface area contributed by atoms with Crippen LogP contribution in [0.1, 0.15) is 37.4 Å². The second-order valence-corrected chi connectivity index (χ2v) is 11.9. The number of esters is 1. The average Bonchev–Trinajstić information content (AvgIpc) is 3.72. The van der Waals surface area contributed by atoms with E-state index in [4.69, 9.17) is 18.9 Å². The van der Waals surface area contributed by atoms with Crippen LogP contribution in [-0.2, 0) is 29.0 Å². The smallest absolute Gasteiger partial charge is 0.424 e. The molecular weight excluding hydrogens is 602 g/mol. The third kappa shape index (κ3) is 4.07. The molecule has 3 atom stereocenters. The molecule has 1 aromatic heterocycles. The van der Waals surface area contributed by atoms with Gasteiger partial charge in [-0.3, -0.25) is 9.69 Å². The minimum absolute atomic E-state index is 0.0245. The van der Waals surface area contributed by atoms with Crippen molar-refractivity contribution in [1.82, 2.24) is 9.47 Å². The third-order valence-electron chi connectivity index (χ3n) is 9.22. The van der Waals surface area contributed by atoms with Crippen molar-refractivity contribution in [2.24, 2.45) is 0 Å². The summed E-state index contributed by atoms with van der Waals surface area (Å²) in [6.45, 7) is 0.0830. The van der Waals surface area contributed by atoms with E-state index < -0.39 is 34.6 Å². The number of carbonyl (C=O) groups is 2. The SMILES string of the molecule is O=C1OC([N+]2([O-])C=C(n3c(=O)oc4ccccc43)C(C3Cc4ccccc4OO3)=C2N2Cc3ccccc3C2=O)Cc2ccccc21. The molecule has 11 heteroatoms. The molecule has 3 unspecified atom stereocenters. The number of para-hydroxylation sites is 3. The minimum Gasteiger partial charge on any atom is -0.618 e. The largest absolute Gasteiger partial charge is 0.618 e. The molecule has 4 aliphatic rings. The Hall–Kier alpha value is -5.75. The Labute approximate surface area is 266 Å². The Morgan fingerprint density at radius 3 is 2.30 bits per heavy atom. The van der Waals surface area contributed by atoms with Crippen LogP contribution in [0.3, 0.4) is 0 Å². The van der Waals surface area contributed by atoms with Crippen molar-refractivity contribution >= 4 is 28.7 Å². The fourth-order valence-corrected chi connectivity index (χ4v) is 7.05. The molecular formula is C36H25N3O8. The van der Waals surface area contributed by atoms with Crippen LogP contribution in [0.2, 0.25) is 0 Å². The molecule has 5 aromatic rings. The summed E-state index contributed by atoms with van der Waals surface area (Å²) in [4.78, 5) is 54.2. The van der Waals surface area contributed by atoms with E-state index >= 15 is 5.21 Å². The predicted molar refractivity (Wildman–Crippen MR) is 167 cm³/mol. The third-order valence-corrected chi connectivity index (χ3v) is 9.22. The van der Waals surface area contributed by atoms with Crippen LogP contribution in [0.4, 0.5) is 0 Å². The highest BCUT2D eigenvalue weighted by Crippen LogP contribution is 2.48. The number of hydrogen-bond acceptors (Lipinski definition) is 8. The number of fused-ring (bicyclic) bond motifs is 4. The zero-order chi connectivity index (χ0) is 31.9. The lowest BCUT2D eigenvalue weighted by atomic mass is 9.98. The highest BCUT2D eigenvalue weighted by Gasteiger charge is 2.53. The van der Waals surface area contributed by atoms with Crippen molar-refractivity contribution in [1.29, 1.82) is 0 Å². The van der Waals surface area contributed by atoms with Crippen LogP contribution in [-0.4, -0.2) is 38.3 Å². The number of hydroxylamine groups is 3. The van der Waals surface area contributed by atoms with Gasteiger partial charge in [-0.15, -0.1) is 0 Å². The maximum absolute atomic E-state index is 15.8. The van der Waals surface area contributed by atoms with Crippen molar-refractivity contribution in [3.8, 4) is 5.75 Å². The minimum atomic E-state index is -1.38. The van der Waals surface area contributed by atoms with Gasteiger partial charge in [0.05, 0.1) is 29.6 Å². The fraction of sp³-hybridized carbons (Fsp3) is 0.139. The molecule has 5 heterocycles.